The second-order valence-corrected chi connectivity index (χ2v) is 11.4. The number of pyridine rings is 1. The molecule has 5 aromatic rings. The predicted molar refractivity (Wildman–Crippen MR) is 183 cm³/mol. The molecule has 47 heavy (non-hydrogen) atoms. The molecule has 0 radical (unpaired) electrons. The molecule has 0 bridgehead atoms. The summed E-state index contributed by atoms with van der Waals surface area (Å²) in [5, 5.41) is 0. The van der Waals surface area contributed by atoms with Crippen LogP contribution in [-0.2, 0) is 19.6 Å². The van der Waals surface area contributed by atoms with Crippen LogP contribution in [0.4, 0.5) is 0 Å². The van der Waals surface area contributed by atoms with Crippen LogP contribution in [0.5, 0.6) is 23.0 Å². The zero-order valence-electron chi connectivity index (χ0n) is 26.9. The van der Waals surface area contributed by atoms with Gasteiger partial charge in [0.2, 0.25) is 0 Å². The Hall–Kier alpha value is -5.56. The minimum absolute atomic E-state index is 0.132. The van der Waals surface area contributed by atoms with Crippen LogP contribution < -0.4 is 18.9 Å². The van der Waals surface area contributed by atoms with Crippen LogP contribution in [0.1, 0.15) is 49.9 Å². The van der Waals surface area contributed by atoms with Gasteiger partial charge in [0.05, 0.1) is 20.3 Å². The highest BCUT2D eigenvalue weighted by molar-refractivity contribution is 5.93. The summed E-state index contributed by atoms with van der Waals surface area (Å²) in [6, 6.07) is 33.1. The van der Waals surface area contributed by atoms with Gasteiger partial charge in [-0.3, -0.25) is 9.78 Å². The standard InChI is InChI=1S/C40H38N2O5/c1-28-22-36(44-2)38(46-26-29-12-6-4-7-13-29)23-31(28)17-18-35-33-25-37(45-3)39(47-27-30-14-8-5-9-15-30)24-32(33)19-21-42(35)40(43)34-16-10-11-20-41-34/h4-18,20,22-25,35H,19,21,26-27H2,1-3H3. The number of hydrogen-bond acceptors (Lipinski definition) is 6. The summed E-state index contributed by atoms with van der Waals surface area (Å²) in [4.78, 5) is 20.1. The molecule has 2 heterocycles. The van der Waals surface area contributed by atoms with E-state index in [0.29, 0.717) is 54.9 Å². The van der Waals surface area contributed by atoms with Crippen molar-refractivity contribution >= 4 is 12.0 Å². The molecule has 1 unspecified atom stereocenters. The number of ether oxygens (including phenoxy) is 4. The molecular formula is C40H38N2O5. The molecule has 4 aromatic carbocycles. The van der Waals surface area contributed by atoms with E-state index in [0.717, 1.165) is 33.4 Å². The van der Waals surface area contributed by atoms with Crippen LogP contribution in [0.25, 0.3) is 6.08 Å². The summed E-state index contributed by atoms with van der Waals surface area (Å²) >= 11 is 0. The van der Waals surface area contributed by atoms with Crippen molar-refractivity contribution in [3.63, 3.8) is 0 Å². The fourth-order valence-electron chi connectivity index (χ4n) is 5.80. The molecule has 0 spiro atoms. The maximum Gasteiger partial charge on any atom is 0.273 e. The van der Waals surface area contributed by atoms with Gasteiger partial charge < -0.3 is 23.8 Å². The van der Waals surface area contributed by atoms with Crippen molar-refractivity contribution in [1.82, 2.24) is 9.88 Å². The number of fused-ring (bicyclic) bond motifs is 1. The lowest BCUT2D eigenvalue weighted by atomic mass is 9.90. The van der Waals surface area contributed by atoms with E-state index < -0.39 is 0 Å². The normalized spacial score (nSPS) is 14.0. The minimum Gasteiger partial charge on any atom is -0.493 e. The lowest BCUT2D eigenvalue weighted by molar-refractivity contribution is 0.0694. The molecular weight excluding hydrogens is 588 g/mol. The number of aromatic nitrogens is 1. The van der Waals surface area contributed by atoms with Crippen LogP contribution in [-0.4, -0.2) is 36.6 Å². The van der Waals surface area contributed by atoms with Crippen molar-refractivity contribution in [2.75, 3.05) is 20.8 Å². The molecule has 1 atom stereocenters. The molecule has 1 amide bonds. The molecule has 0 N–H and O–H groups in total. The third-order valence-corrected chi connectivity index (χ3v) is 8.33. The highest BCUT2D eigenvalue weighted by Gasteiger charge is 2.32. The third kappa shape index (κ3) is 7.31. The van der Waals surface area contributed by atoms with Gasteiger partial charge in [-0.25, -0.2) is 0 Å². The lowest BCUT2D eigenvalue weighted by Crippen LogP contribution is -2.39. The van der Waals surface area contributed by atoms with Gasteiger partial charge in [-0.05, 0) is 83.1 Å². The Labute approximate surface area is 276 Å². The highest BCUT2D eigenvalue weighted by Crippen LogP contribution is 2.40. The number of amides is 1. The first-order valence-corrected chi connectivity index (χ1v) is 15.7. The summed E-state index contributed by atoms with van der Waals surface area (Å²) < 4.78 is 23.9. The maximum atomic E-state index is 13.9. The van der Waals surface area contributed by atoms with E-state index in [1.54, 1.807) is 26.5 Å². The number of rotatable bonds is 11. The molecule has 6 rings (SSSR count). The Morgan fingerprint density at radius 1 is 0.787 bits per heavy atom. The molecule has 0 saturated carbocycles. The minimum atomic E-state index is -0.375. The Balaban J connectivity index is 1.35. The molecule has 1 aliphatic heterocycles. The van der Waals surface area contributed by atoms with Gasteiger partial charge >= 0.3 is 0 Å². The highest BCUT2D eigenvalue weighted by atomic mass is 16.5. The first kappa shape index (κ1) is 31.4. The van der Waals surface area contributed by atoms with Crippen molar-refractivity contribution in [3.8, 4) is 23.0 Å². The Kier molecular flexibility index (Phi) is 9.82. The second kappa shape index (κ2) is 14.7. The van der Waals surface area contributed by atoms with Crippen LogP contribution in [0, 0.1) is 6.92 Å². The van der Waals surface area contributed by atoms with E-state index in [-0.39, 0.29) is 11.9 Å². The van der Waals surface area contributed by atoms with Crippen molar-refractivity contribution < 1.29 is 23.7 Å². The smallest absolute Gasteiger partial charge is 0.273 e. The molecule has 1 aliphatic rings. The molecule has 0 saturated heterocycles. The summed E-state index contributed by atoms with van der Waals surface area (Å²) in [6.45, 7) is 3.40. The van der Waals surface area contributed by atoms with Gasteiger partial charge in [0.15, 0.2) is 23.0 Å². The number of aryl methyl sites for hydroxylation is 1. The van der Waals surface area contributed by atoms with Gasteiger partial charge in [-0.15, -0.1) is 0 Å². The Bertz CT molecular complexity index is 1840. The van der Waals surface area contributed by atoms with Crippen LogP contribution in [0.15, 0.2) is 115 Å². The monoisotopic (exact) mass is 626 g/mol. The first-order valence-electron chi connectivity index (χ1n) is 15.7. The van der Waals surface area contributed by atoms with E-state index in [4.69, 9.17) is 18.9 Å². The largest absolute Gasteiger partial charge is 0.493 e. The predicted octanol–water partition coefficient (Wildman–Crippen LogP) is 8.02. The zero-order chi connectivity index (χ0) is 32.6. The summed E-state index contributed by atoms with van der Waals surface area (Å²) in [5.41, 5.74) is 6.60. The fourth-order valence-corrected chi connectivity index (χ4v) is 5.80. The van der Waals surface area contributed by atoms with E-state index >= 15 is 0 Å². The number of hydrogen-bond donors (Lipinski definition) is 0. The molecule has 238 valence electrons. The molecule has 0 fully saturated rings. The number of carbonyl (C=O) groups excluding carboxylic acids is 1. The van der Waals surface area contributed by atoms with Crippen molar-refractivity contribution in [1.29, 1.82) is 0 Å². The van der Waals surface area contributed by atoms with Crippen LogP contribution in [0.2, 0.25) is 0 Å². The summed E-state index contributed by atoms with van der Waals surface area (Å²) in [5.74, 6) is 2.47. The van der Waals surface area contributed by atoms with Crippen molar-refractivity contribution in [3.05, 3.63) is 154 Å². The quantitative estimate of drug-likeness (QED) is 0.148. The van der Waals surface area contributed by atoms with Crippen molar-refractivity contribution in [2.45, 2.75) is 32.6 Å². The Morgan fingerprint density at radius 2 is 1.40 bits per heavy atom. The Morgan fingerprint density at radius 3 is 2.02 bits per heavy atom. The van der Waals surface area contributed by atoms with Gasteiger partial charge in [-0.2, -0.15) is 0 Å². The second-order valence-electron chi connectivity index (χ2n) is 11.4. The van der Waals surface area contributed by atoms with E-state index in [2.05, 4.69) is 23.2 Å². The molecule has 7 nitrogen and oxygen atoms in total. The van der Waals surface area contributed by atoms with E-state index in [9.17, 15) is 4.79 Å². The number of nitrogens with zero attached hydrogens (tertiary/aromatic N) is 2. The summed E-state index contributed by atoms with van der Waals surface area (Å²) in [7, 11) is 3.28. The fraction of sp³-hybridized carbons (Fsp3) is 0.200. The average Bonchev–Trinajstić information content (AvgIpc) is 3.13. The van der Waals surface area contributed by atoms with Crippen molar-refractivity contribution in [2.24, 2.45) is 0 Å². The molecule has 0 aliphatic carbocycles. The average molecular weight is 627 g/mol. The van der Waals surface area contributed by atoms with Gasteiger partial charge in [0.25, 0.3) is 5.91 Å². The maximum absolute atomic E-state index is 13.9. The first-order chi connectivity index (χ1) is 23.0. The SMILES string of the molecule is COc1cc(C)c(C=CC2c3cc(OC)c(OCc4ccccc4)cc3CCN2C(=O)c2ccccn2)cc1OCc1ccccc1. The summed E-state index contributed by atoms with van der Waals surface area (Å²) in [6.07, 6.45) is 6.43. The number of methoxy groups -OCH3 is 2. The van der Waals surface area contributed by atoms with E-state index in [1.165, 1.54) is 0 Å². The van der Waals surface area contributed by atoms with Crippen LogP contribution in [0.3, 0.4) is 0 Å². The number of benzene rings is 4. The van der Waals surface area contributed by atoms with E-state index in [1.807, 2.05) is 103 Å². The zero-order valence-corrected chi connectivity index (χ0v) is 26.9. The third-order valence-electron chi connectivity index (χ3n) is 8.33. The van der Waals surface area contributed by atoms with Gasteiger partial charge in [0, 0.05) is 12.7 Å². The van der Waals surface area contributed by atoms with Gasteiger partial charge in [0.1, 0.15) is 18.9 Å². The molecule has 7 heteroatoms. The van der Waals surface area contributed by atoms with Crippen LogP contribution >= 0.6 is 0 Å². The number of carbonyl (C=O) groups is 1. The molecule has 1 aromatic heterocycles. The van der Waals surface area contributed by atoms with Gasteiger partial charge in [-0.1, -0.05) is 78.9 Å². The lowest BCUT2D eigenvalue weighted by Gasteiger charge is -2.36. The topological polar surface area (TPSA) is 70.1 Å².